The van der Waals surface area contributed by atoms with E-state index in [1.54, 1.807) is 23.1 Å². The molecule has 21 heavy (non-hydrogen) atoms. The molecule has 0 radical (unpaired) electrons. The minimum atomic E-state index is -0.181. The Labute approximate surface area is 124 Å². The SMILES string of the molecule is Cn1cc(CCNC(=O)c2sc3nnccc3c2N)cn1. The van der Waals surface area contributed by atoms with E-state index in [-0.39, 0.29) is 5.91 Å². The minimum absolute atomic E-state index is 0.181. The second-order valence-corrected chi connectivity index (χ2v) is 5.62. The van der Waals surface area contributed by atoms with Gasteiger partial charge in [0.25, 0.3) is 5.91 Å². The number of thiophene rings is 1. The summed E-state index contributed by atoms with van der Waals surface area (Å²) in [4.78, 5) is 13.3. The van der Waals surface area contributed by atoms with Crippen molar-refractivity contribution in [2.45, 2.75) is 6.42 Å². The number of aryl methyl sites for hydroxylation is 1. The third-order valence-electron chi connectivity index (χ3n) is 3.08. The number of hydrogen-bond acceptors (Lipinski definition) is 6. The van der Waals surface area contributed by atoms with Crippen molar-refractivity contribution in [3.8, 4) is 0 Å². The number of carbonyl (C=O) groups is 1. The smallest absolute Gasteiger partial charge is 0.263 e. The van der Waals surface area contributed by atoms with Crippen molar-refractivity contribution in [1.29, 1.82) is 0 Å². The quantitative estimate of drug-likeness (QED) is 0.748. The fraction of sp³-hybridized carbons (Fsp3) is 0.231. The number of nitrogen functional groups attached to an aromatic ring is 1. The number of amides is 1. The average Bonchev–Trinajstić information content (AvgIpc) is 3.03. The van der Waals surface area contributed by atoms with Gasteiger partial charge in [-0.3, -0.25) is 9.48 Å². The van der Waals surface area contributed by atoms with Crippen molar-refractivity contribution in [2.24, 2.45) is 7.05 Å². The Morgan fingerprint density at radius 1 is 1.52 bits per heavy atom. The Balaban J connectivity index is 1.68. The minimum Gasteiger partial charge on any atom is -0.397 e. The van der Waals surface area contributed by atoms with E-state index in [9.17, 15) is 4.79 Å². The fourth-order valence-corrected chi connectivity index (χ4v) is 3.00. The molecule has 0 spiro atoms. The Kier molecular flexibility index (Phi) is 3.53. The standard InChI is InChI=1S/C13H14N6OS/c1-19-7-8(6-17-19)2-4-15-12(20)11-10(14)9-3-5-16-18-13(9)21-11/h3,5-7H,2,4,14H2,1H3,(H,15,20). The van der Waals surface area contributed by atoms with Crippen LogP contribution in [0.15, 0.2) is 24.7 Å². The van der Waals surface area contributed by atoms with E-state index in [1.165, 1.54) is 11.3 Å². The van der Waals surface area contributed by atoms with Gasteiger partial charge in [-0.1, -0.05) is 0 Å². The lowest BCUT2D eigenvalue weighted by Crippen LogP contribution is -2.25. The summed E-state index contributed by atoms with van der Waals surface area (Å²) in [5.74, 6) is -0.181. The maximum atomic E-state index is 12.2. The van der Waals surface area contributed by atoms with Crippen LogP contribution >= 0.6 is 11.3 Å². The second kappa shape index (κ2) is 5.49. The highest BCUT2D eigenvalue weighted by Gasteiger charge is 2.16. The van der Waals surface area contributed by atoms with Gasteiger partial charge in [-0.25, -0.2) is 0 Å². The van der Waals surface area contributed by atoms with Crippen LogP contribution in [-0.2, 0) is 13.5 Å². The molecule has 0 aromatic carbocycles. The normalized spacial score (nSPS) is 10.9. The van der Waals surface area contributed by atoms with Crippen LogP contribution in [0, 0.1) is 0 Å². The molecule has 3 heterocycles. The number of fused-ring (bicyclic) bond motifs is 1. The first-order valence-electron chi connectivity index (χ1n) is 6.40. The molecule has 0 aliphatic carbocycles. The lowest BCUT2D eigenvalue weighted by molar-refractivity contribution is 0.0959. The Morgan fingerprint density at radius 2 is 2.38 bits per heavy atom. The Bertz CT molecular complexity index is 793. The van der Waals surface area contributed by atoms with Gasteiger partial charge in [0.2, 0.25) is 0 Å². The maximum absolute atomic E-state index is 12.2. The van der Waals surface area contributed by atoms with Crippen molar-refractivity contribution < 1.29 is 4.79 Å². The number of anilines is 1. The predicted octanol–water partition coefficient (Wildman–Crippen LogP) is 0.980. The van der Waals surface area contributed by atoms with E-state index >= 15 is 0 Å². The third-order valence-corrected chi connectivity index (χ3v) is 4.19. The lowest BCUT2D eigenvalue weighted by Gasteiger charge is -2.03. The Morgan fingerprint density at radius 3 is 3.10 bits per heavy atom. The summed E-state index contributed by atoms with van der Waals surface area (Å²) in [6.07, 6.45) is 6.00. The largest absolute Gasteiger partial charge is 0.397 e. The van der Waals surface area contributed by atoms with Crippen LogP contribution in [0.4, 0.5) is 5.69 Å². The monoisotopic (exact) mass is 302 g/mol. The molecule has 0 atom stereocenters. The third kappa shape index (κ3) is 2.70. The molecular formula is C13H14N6OS. The van der Waals surface area contributed by atoms with E-state index in [2.05, 4.69) is 20.6 Å². The molecule has 0 saturated carbocycles. The average molecular weight is 302 g/mol. The lowest BCUT2D eigenvalue weighted by atomic mass is 10.2. The first-order valence-corrected chi connectivity index (χ1v) is 7.22. The van der Waals surface area contributed by atoms with Gasteiger partial charge in [0.05, 0.1) is 18.1 Å². The van der Waals surface area contributed by atoms with E-state index < -0.39 is 0 Å². The molecule has 8 heteroatoms. The van der Waals surface area contributed by atoms with Gasteiger partial charge in [0.1, 0.15) is 9.71 Å². The summed E-state index contributed by atoms with van der Waals surface area (Å²) in [6.45, 7) is 0.532. The summed E-state index contributed by atoms with van der Waals surface area (Å²) >= 11 is 1.26. The van der Waals surface area contributed by atoms with Gasteiger partial charge in [-0.2, -0.15) is 10.2 Å². The summed E-state index contributed by atoms with van der Waals surface area (Å²) in [5, 5.41) is 15.5. The van der Waals surface area contributed by atoms with Gasteiger partial charge in [0, 0.05) is 25.2 Å². The van der Waals surface area contributed by atoms with Crippen LogP contribution in [0.1, 0.15) is 15.2 Å². The van der Waals surface area contributed by atoms with Crippen molar-refractivity contribution in [3.05, 3.63) is 35.1 Å². The molecule has 0 unspecified atom stereocenters. The van der Waals surface area contributed by atoms with Crippen molar-refractivity contribution in [1.82, 2.24) is 25.3 Å². The van der Waals surface area contributed by atoms with Gasteiger partial charge >= 0.3 is 0 Å². The van der Waals surface area contributed by atoms with Crippen molar-refractivity contribution in [2.75, 3.05) is 12.3 Å². The highest BCUT2D eigenvalue weighted by molar-refractivity contribution is 7.21. The van der Waals surface area contributed by atoms with Gasteiger partial charge in [-0.05, 0) is 18.1 Å². The predicted molar refractivity (Wildman–Crippen MR) is 81.1 cm³/mol. The summed E-state index contributed by atoms with van der Waals surface area (Å²) < 4.78 is 1.74. The fourth-order valence-electron chi connectivity index (χ4n) is 2.04. The summed E-state index contributed by atoms with van der Waals surface area (Å²) in [5.41, 5.74) is 7.53. The molecule has 3 aromatic heterocycles. The number of rotatable bonds is 4. The maximum Gasteiger partial charge on any atom is 0.263 e. The Hall–Kier alpha value is -2.48. The molecule has 0 saturated heterocycles. The molecule has 3 rings (SSSR count). The van der Waals surface area contributed by atoms with Crippen LogP contribution in [0.25, 0.3) is 10.2 Å². The van der Waals surface area contributed by atoms with Gasteiger partial charge in [-0.15, -0.1) is 16.4 Å². The van der Waals surface area contributed by atoms with Gasteiger partial charge < -0.3 is 11.1 Å². The number of nitrogens with two attached hydrogens (primary N) is 1. The molecule has 7 nitrogen and oxygen atoms in total. The molecule has 1 amide bonds. The summed E-state index contributed by atoms with van der Waals surface area (Å²) in [6, 6.07) is 1.76. The number of hydrogen-bond donors (Lipinski definition) is 2. The van der Waals surface area contributed by atoms with Crippen LogP contribution < -0.4 is 11.1 Å². The second-order valence-electron chi connectivity index (χ2n) is 4.62. The zero-order chi connectivity index (χ0) is 14.8. The molecule has 0 aliphatic heterocycles. The first kappa shape index (κ1) is 13.5. The molecule has 108 valence electrons. The zero-order valence-electron chi connectivity index (χ0n) is 11.4. The van der Waals surface area contributed by atoms with E-state index in [0.29, 0.717) is 21.9 Å². The molecule has 0 fully saturated rings. The zero-order valence-corrected chi connectivity index (χ0v) is 12.2. The highest BCUT2D eigenvalue weighted by atomic mass is 32.1. The van der Waals surface area contributed by atoms with E-state index in [1.807, 2.05) is 13.2 Å². The van der Waals surface area contributed by atoms with Crippen LogP contribution in [0.3, 0.4) is 0 Å². The van der Waals surface area contributed by atoms with Crippen LogP contribution in [-0.4, -0.2) is 32.4 Å². The number of nitrogens with zero attached hydrogens (tertiary/aromatic N) is 4. The number of carbonyl (C=O) groups excluding carboxylic acids is 1. The van der Waals surface area contributed by atoms with E-state index in [4.69, 9.17) is 5.73 Å². The van der Waals surface area contributed by atoms with Crippen molar-refractivity contribution >= 4 is 33.1 Å². The van der Waals surface area contributed by atoms with Crippen molar-refractivity contribution in [3.63, 3.8) is 0 Å². The topological polar surface area (TPSA) is 98.7 Å². The highest BCUT2D eigenvalue weighted by Crippen LogP contribution is 2.31. The molecule has 3 N–H and O–H groups in total. The number of aromatic nitrogens is 4. The van der Waals surface area contributed by atoms with Gasteiger partial charge in [0.15, 0.2) is 0 Å². The number of nitrogens with one attached hydrogen (secondary N) is 1. The first-order chi connectivity index (χ1) is 10.1. The van der Waals surface area contributed by atoms with Crippen LogP contribution in [0.2, 0.25) is 0 Å². The molecular weight excluding hydrogens is 288 g/mol. The van der Waals surface area contributed by atoms with Crippen LogP contribution in [0.5, 0.6) is 0 Å². The summed E-state index contributed by atoms with van der Waals surface area (Å²) in [7, 11) is 1.86. The molecule has 3 aromatic rings. The molecule has 0 aliphatic rings. The molecule has 0 bridgehead atoms. The van der Waals surface area contributed by atoms with E-state index in [0.717, 1.165) is 17.4 Å².